The molecule has 3 heterocycles. The Bertz CT molecular complexity index is 1410. The number of nitrogens with zero attached hydrogens (tertiary/aromatic N) is 5. The summed E-state index contributed by atoms with van der Waals surface area (Å²) in [6.45, 7) is 1.13. The van der Waals surface area contributed by atoms with Gasteiger partial charge in [0.05, 0.1) is 11.0 Å². The second-order valence-electron chi connectivity index (χ2n) is 7.58. The van der Waals surface area contributed by atoms with Gasteiger partial charge in [-0.3, -0.25) is 14.3 Å². The second kappa shape index (κ2) is 10.4. The lowest BCUT2D eigenvalue weighted by atomic mass is 10.1. The SMILES string of the molecule is O=C(NCc1cccnc1)c1ccc2c(c1)ncn2-c1ccc(OCCOc2ncccn2)cc1. The zero-order valence-electron chi connectivity index (χ0n) is 18.7. The molecule has 9 nitrogen and oxygen atoms in total. The molecule has 5 aromatic rings. The van der Waals surface area contributed by atoms with Crippen molar-refractivity contribution < 1.29 is 14.3 Å². The van der Waals surface area contributed by atoms with Crippen molar-refractivity contribution >= 4 is 16.9 Å². The van der Waals surface area contributed by atoms with E-state index in [1.807, 2.05) is 47.0 Å². The number of benzene rings is 2. The average molecular weight is 467 g/mol. The highest BCUT2D eigenvalue weighted by Gasteiger charge is 2.10. The third kappa shape index (κ3) is 5.41. The molecule has 0 atom stereocenters. The number of nitrogens with one attached hydrogen (secondary N) is 1. The van der Waals surface area contributed by atoms with Gasteiger partial charge in [0.1, 0.15) is 25.3 Å². The summed E-state index contributed by atoms with van der Waals surface area (Å²) >= 11 is 0. The number of imidazole rings is 1. The minimum atomic E-state index is -0.158. The van der Waals surface area contributed by atoms with Gasteiger partial charge >= 0.3 is 6.01 Å². The second-order valence-corrected chi connectivity index (χ2v) is 7.58. The topological polar surface area (TPSA) is 104 Å². The highest BCUT2D eigenvalue weighted by Crippen LogP contribution is 2.22. The van der Waals surface area contributed by atoms with E-state index in [1.54, 1.807) is 49.3 Å². The summed E-state index contributed by atoms with van der Waals surface area (Å²) in [7, 11) is 0. The number of amides is 1. The lowest BCUT2D eigenvalue weighted by Gasteiger charge is -2.09. The van der Waals surface area contributed by atoms with E-state index < -0.39 is 0 Å². The quantitative estimate of drug-likeness (QED) is 0.331. The standard InChI is InChI=1S/C26H22N6O3/c33-25(30-17-19-3-1-10-27-16-19)20-4-9-24-23(15-20)31-18-32(24)21-5-7-22(8-6-21)34-13-14-35-26-28-11-2-12-29-26/h1-12,15-16,18H,13-14,17H2,(H,30,33). The summed E-state index contributed by atoms with van der Waals surface area (Å²) in [4.78, 5) is 29.1. The van der Waals surface area contributed by atoms with Crippen molar-refractivity contribution in [1.29, 1.82) is 0 Å². The van der Waals surface area contributed by atoms with Gasteiger partial charge in [0.15, 0.2) is 0 Å². The average Bonchev–Trinajstić information content (AvgIpc) is 3.35. The van der Waals surface area contributed by atoms with Crippen molar-refractivity contribution in [3.8, 4) is 17.4 Å². The van der Waals surface area contributed by atoms with Gasteiger partial charge in [-0.25, -0.2) is 15.0 Å². The molecule has 0 unspecified atom stereocenters. The Hall–Kier alpha value is -4.79. The molecule has 0 aliphatic rings. The van der Waals surface area contributed by atoms with Crippen LogP contribution in [-0.2, 0) is 6.54 Å². The number of fused-ring (bicyclic) bond motifs is 1. The van der Waals surface area contributed by atoms with E-state index in [0.717, 1.165) is 28.0 Å². The number of carbonyl (C=O) groups is 1. The summed E-state index contributed by atoms with van der Waals surface area (Å²) in [5.74, 6) is 0.568. The fourth-order valence-electron chi connectivity index (χ4n) is 3.50. The fraction of sp³-hybridized carbons (Fsp3) is 0.115. The van der Waals surface area contributed by atoms with Crippen molar-refractivity contribution in [3.05, 3.63) is 103 Å². The van der Waals surface area contributed by atoms with Crippen LogP contribution in [0, 0.1) is 0 Å². The Morgan fingerprint density at radius 2 is 1.71 bits per heavy atom. The van der Waals surface area contributed by atoms with Crippen LogP contribution in [0.15, 0.2) is 91.8 Å². The van der Waals surface area contributed by atoms with Crippen molar-refractivity contribution in [3.63, 3.8) is 0 Å². The maximum Gasteiger partial charge on any atom is 0.316 e. The summed E-state index contributed by atoms with van der Waals surface area (Å²) in [5.41, 5.74) is 4.07. The number of ether oxygens (including phenoxy) is 2. The van der Waals surface area contributed by atoms with Gasteiger partial charge < -0.3 is 14.8 Å². The number of rotatable bonds is 9. The van der Waals surface area contributed by atoms with Gasteiger partial charge in [-0.1, -0.05) is 6.07 Å². The third-order valence-electron chi connectivity index (χ3n) is 5.23. The van der Waals surface area contributed by atoms with Gasteiger partial charge in [-0.15, -0.1) is 0 Å². The van der Waals surface area contributed by atoms with Crippen molar-refractivity contribution in [1.82, 2.24) is 29.8 Å². The van der Waals surface area contributed by atoms with Crippen LogP contribution in [0.3, 0.4) is 0 Å². The smallest absolute Gasteiger partial charge is 0.316 e. The minimum absolute atomic E-state index is 0.158. The van der Waals surface area contributed by atoms with Gasteiger partial charge in [0.2, 0.25) is 0 Å². The van der Waals surface area contributed by atoms with Crippen molar-refractivity contribution in [2.75, 3.05) is 13.2 Å². The summed E-state index contributed by atoms with van der Waals surface area (Å²) in [6, 6.07) is 19.0. The molecule has 0 bridgehead atoms. The zero-order valence-corrected chi connectivity index (χ0v) is 18.7. The molecule has 9 heteroatoms. The highest BCUT2D eigenvalue weighted by atomic mass is 16.5. The Kier molecular flexibility index (Phi) is 6.56. The van der Waals surface area contributed by atoms with Crippen molar-refractivity contribution in [2.24, 2.45) is 0 Å². The van der Waals surface area contributed by atoms with Crippen LogP contribution in [0.2, 0.25) is 0 Å². The normalized spacial score (nSPS) is 10.7. The molecule has 0 radical (unpaired) electrons. The van der Waals surface area contributed by atoms with Crippen LogP contribution in [0.5, 0.6) is 11.8 Å². The maximum atomic E-state index is 12.6. The molecular weight excluding hydrogens is 444 g/mol. The number of hydrogen-bond donors (Lipinski definition) is 1. The molecule has 3 aromatic heterocycles. The molecule has 0 saturated heterocycles. The molecule has 1 N–H and O–H groups in total. The Morgan fingerprint density at radius 1 is 0.886 bits per heavy atom. The molecule has 0 spiro atoms. The van der Waals surface area contributed by atoms with Crippen LogP contribution < -0.4 is 14.8 Å². The molecule has 0 aliphatic carbocycles. The summed E-state index contributed by atoms with van der Waals surface area (Å²) in [5, 5.41) is 2.91. The van der Waals surface area contributed by atoms with Crippen LogP contribution in [0.1, 0.15) is 15.9 Å². The first-order valence-electron chi connectivity index (χ1n) is 11.0. The molecule has 0 saturated carbocycles. The summed E-state index contributed by atoms with van der Waals surface area (Å²) < 4.78 is 13.1. The molecule has 1 amide bonds. The monoisotopic (exact) mass is 466 g/mol. The fourth-order valence-corrected chi connectivity index (χ4v) is 3.50. The predicted molar refractivity (Wildman–Crippen MR) is 129 cm³/mol. The zero-order chi connectivity index (χ0) is 23.9. The van der Waals surface area contributed by atoms with Gasteiger partial charge in [-0.2, -0.15) is 0 Å². The van der Waals surface area contributed by atoms with E-state index in [9.17, 15) is 4.79 Å². The first-order chi connectivity index (χ1) is 17.3. The number of pyridine rings is 1. The minimum Gasteiger partial charge on any atom is -0.490 e. The van der Waals surface area contributed by atoms with Crippen LogP contribution in [0.4, 0.5) is 0 Å². The van der Waals surface area contributed by atoms with Gasteiger partial charge in [-0.05, 0) is 60.2 Å². The maximum absolute atomic E-state index is 12.6. The van der Waals surface area contributed by atoms with E-state index in [2.05, 4.69) is 25.3 Å². The van der Waals surface area contributed by atoms with Crippen LogP contribution in [-0.4, -0.2) is 43.6 Å². The predicted octanol–water partition coefficient (Wildman–Crippen LogP) is 3.60. The van der Waals surface area contributed by atoms with E-state index in [-0.39, 0.29) is 5.91 Å². The first kappa shape index (κ1) is 22.0. The number of carbonyl (C=O) groups excluding carboxylic acids is 1. The largest absolute Gasteiger partial charge is 0.490 e. The molecule has 2 aromatic carbocycles. The van der Waals surface area contributed by atoms with Crippen LogP contribution in [0.25, 0.3) is 16.7 Å². The third-order valence-corrected chi connectivity index (χ3v) is 5.23. The Labute approximate surface area is 201 Å². The van der Waals surface area contributed by atoms with Crippen molar-refractivity contribution in [2.45, 2.75) is 6.54 Å². The van der Waals surface area contributed by atoms with Crippen LogP contribution >= 0.6 is 0 Å². The molecular formula is C26H22N6O3. The molecule has 0 aliphatic heterocycles. The van der Waals surface area contributed by atoms with E-state index >= 15 is 0 Å². The Morgan fingerprint density at radius 3 is 2.51 bits per heavy atom. The number of aromatic nitrogens is 5. The number of hydrogen-bond acceptors (Lipinski definition) is 7. The first-order valence-corrected chi connectivity index (χ1v) is 11.0. The lowest BCUT2D eigenvalue weighted by molar-refractivity contribution is 0.0951. The molecule has 0 fully saturated rings. The van der Waals surface area contributed by atoms with E-state index in [4.69, 9.17) is 9.47 Å². The Balaban J connectivity index is 1.20. The van der Waals surface area contributed by atoms with Gasteiger partial charge in [0.25, 0.3) is 5.91 Å². The molecule has 5 rings (SSSR count). The van der Waals surface area contributed by atoms with Gasteiger partial charge in [0, 0.05) is 42.6 Å². The lowest BCUT2D eigenvalue weighted by Crippen LogP contribution is -2.22. The molecule has 174 valence electrons. The summed E-state index contributed by atoms with van der Waals surface area (Å²) in [6.07, 6.45) is 8.43. The van der Waals surface area contributed by atoms with E-state index in [1.165, 1.54) is 0 Å². The highest BCUT2D eigenvalue weighted by molar-refractivity contribution is 5.97. The molecule has 35 heavy (non-hydrogen) atoms. The van der Waals surface area contributed by atoms with E-state index in [0.29, 0.717) is 31.3 Å².